The second-order valence-corrected chi connectivity index (χ2v) is 9.67. The first-order valence-corrected chi connectivity index (χ1v) is 10.6. The van der Waals surface area contributed by atoms with Crippen LogP contribution in [0, 0.1) is 12.3 Å². The predicted molar refractivity (Wildman–Crippen MR) is 126 cm³/mol. The number of para-hydroxylation sites is 1. The van der Waals surface area contributed by atoms with Crippen LogP contribution in [0.5, 0.6) is 0 Å². The molecule has 2 nitrogen and oxygen atoms in total. The van der Waals surface area contributed by atoms with E-state index in [4.69, 9.17) is 4.42 Å². The fraction of sp³-hybridized carbons (Fsp3) is 0.250. The molecule has 0 aliphatic carbocycles. The third kappa shape index (κ3) is 3.08. The highest BCUT2D eigenvalue weighted by molar-refractivity contribution is 6.11. The van der Waals surface area contributed by atoms with Gasteiger partial charge >= 0.3 is 0 Å². The van der Waals surface area contributed by atoms with Crippen molar-refractivity contribution in [3.63, 3.8) is 0 Å². The zero-order valence-electron chi connectivity index (χ0n) is 18.4. The normalized spacial score (nSPS) is 12.3. The van der Waals surface area contributed by atoms with Crippen molar-refractivity contribution < 1.29 is 8.98 Å². The number of hydrogen-bond donors (Lipinski definition) is 0. The Kier molecular flexibility index (Phi) is 4.21. The molecule has 0 atom stereocenters. The van der Waals surface area contributed by atoms with Gasteiger partial charge in [0.15, 0.2) is 6.20 Å². The van der Waals surface area contributed by atoms with Gasteiger partial charge in [0.05, 0.1) is 10.9 Å². The summed E-state index contributed by atoms with van der Waals surface area (Å²) in [5.41, 5.74) is 7.17. The third-order valence-electron chi connectivity index (χ3n) is 5.93. The Morgan fingerprint density at radius 3 is 2.43 bits per heavy atom. The predicted octanol–water partition coefficient (Wildman–Crippen LogP) is 7.13. The number of hydrogen-bond acceptors (Lipinski definition) is 1. The van der Waals surface area contributed by atoms with Crippen molar-refractivity contribution in [2.24, 2.45) is 12.5 Å². The van der Waals surface area contributed by atoms with Crippen molar-refractivity contribution in [2.45, 2.75) is 34.1 Å². The summed E-state index contributed by atoms with van der Waals surface area (Å²) >= 11 is 0. The molecule has 0 saturated carbocycles. The van der Waals surface area contributed by atoms with Gasteiger partial charge in [-0.25, -0.2) is 4.57 Å². The van der Waals surface area contributed by atoms with E-state index in [9.17, 15) is 0 Å². The third-order valence-corrected chi connectivity index (χ3v) is 5.93. The number of aromatic nitrogens is 1. The minimum Gasteiger partial charge on any atom is -0.455 e. The van der Waals surface area contributed by atoms with Gasteiger partial charge in [0.2, 0.25) is 5.69 Å². The standard InChI is InChI=1S/C28H28NO/c1-18-10-12-23-22-8-6-7-9-24(22)30-27(23)25(18)26-21-13-11-19(17-28(2,3)4)16-20(21)14-15-29(26)5/h6-16H,17H2,1-5H3/q+1. The van der Waals surface area contributed by atoms with Gasteiger partial charge in [-0.3, -0.25) is 0 Å². The van der Waals surface area contributed by atoms with Crippen molar-refractivity contribution in [3.05, 3.63) is 78.0 Å². The summed E-state index contributed by atoms with van der Waals surface area (Å²) in [6.07, 6.45) is 3.23. The Morgan fingerprint density at radius 2 is 1.63 bits per heavy atom. The highest BCUT2D eigenvalue weighted by Gasteiger charge is 2.23. The molecule has 0 amide bonds. The Labute approximate surface area is 177 Å². The monoisotopic (exact) mass is 394 g/mol. The van der Waals surface area contributed by atoms with Gasteiger partial charge in [0.1, 0.15) is 18.2 Å². The summed E-state index contributed by atoms with van der Waals surface area (Å²) in [7, 11) is 2.12. The van der Waals surface area contributed by atoms with Crippen molar-refractivity contribution in [3.8, 4) is 11.3 Å². The minimum absolute atomic E-state index is 0.270. The van der Waals surface area contributed by atoms with E-state index in [1.54, 1.807) is 0 Å². The number of fused-ring (bicyclic) bond motifs is 4. The van der Waals surface area contributed by atoms with Gasteiger partial charge in [-0.05, 0) is 47.4 Å². The van der Waals surface area contributed by atoms with E-state index in [-0.39, 0.29) is 5.41 Å². The van der Waals surface area contributed by atoms with Crippen molar-refractivity contribution in [1.82, 2.24) is 0 Å². The van der Waals surface area contributed by atoms with E-state index < -0.39 is 0 Å². The molecule has 0 unspecified atom stereocenters. The van der Waals surface area contributed by atoms with Crippen LogP contribution in [0.15, 0.2) is 71.3 Å². The molecule has 5 rings (SSSR count). The van der Waals surface area contributed by atoms with Crippen LogP contribution in [0.3, 0.4) is 0 Å². The molecule has 2 heterocycles. The lowest BCUT2D eigenvalue weighted by Crippen LogP contribution is -2.30. The Bertz CT molecular complexity index is 1420. The maximum Gasteiger partial charge on any atom is 0.224 e. The van der Waals surface area contributed by atoms with Crippen molar-refractivity contribution >= 4 is 32.7 Å². The number of benzene rings is 3. The van der Waals surface area contributed by atoms with Crippen LogP contribution < -0.4 is 4.57 Å². The van der Waals surface area contributed by atoms with Gasteiger partial charge < -0.3 is 4.42 Å². The van der Waals surface area contributed by atoms with E-state index in [1.807, 2.05) is 6.07 Å². The minimum atomic E-state index is 0.270. The first kappa shape index (κ1) is 18.9. The molecule has 0 aliphatic rings. The molecular formula is C28H28NO+. The van der Waals surface area contributed by atoms with Gasteiger partial charge in [-0.2, -0.15) is 0 Å². The van der Waals surface area contributed by atoms with Gasteiger partial charge in [-0.1, -0.05) is 63.2 Å². The molecule has 0 fully saturated rings. The molecule has 0 saturated heterocycles. The van der Waals surface area contributed by atoms with Crippen LogP contribution in [0.2, 0.25) is 0 Å². The molecule has 0 radical (unpaired) electrons. The van der Waals surface area contributed by atoms with Crippen LogP contribution in [0.4, 0.5) is 0 Å². The Balaban J connectivity index is 1.81. The molecule has 3 aromatic carbocycles. The first-order chi connectivity index (χ1) is 14.3. The maximum absolute atomic E-state index is 6.40. The second kappa shape index (κ2) is 6.70. The number of nitrogens with zero attached hydrogens (tertiary/aromatic N) is 1. The smallest absolute Gasteiger partial charge is 0.224 e. The molecule has 0 N–H and O–H groups in total. The summed E-state index contributed by atoms with van der Waals surface area (Å²) in [6, 6.07) is 21.8. The summed E-state index contributed by atoms with van der Waals surface area (Å²) in [5, 5.41) is 4.88. The largest absolute Gasteiger partial charge is 0.455 e. The van der Waals surface area contributed by atoms with Crippen molar-refractivity contribution in [1.29, 1.82) is 0 Å². The summed E-state index contributed by atoms with van der Waals surface area (Å²) in [6.45, 7) is 9.05. The molecule has 2 aromatic heterocycles. The quantitative estimate of drug-likeness (QED) is 0.291. The average Bonchev–Trinajstić information content (AvgIpc) is 3.06. The van der Waals surface area contributed by atoms with Crippen LogP contribution in [0.25, 0.3) is 44.0 Å². The zero-order valence-corrected chi connectivity index (χ0v) is 18.4. The van der Waals surface area contributed by atoms with Gasteiger partial charge in [0, 0.05) is 16.8 Å². The van der Waals surface area contributed by atoms with Crippen LogP contribution >= 0.6 is 0 Å². The summed E-state index contributed by atoms with van der Waals surface area (Å²) in [5.74, 6) is 0. The average molecular weight is 395 g/mol. The summed E-state index contributed by atoms with van der Waals surface area (Å²) in [4.78, 5) is 0. The molecule has 0 aliphatic heterocycles. The fourth-order valence-electron chi connectivity index (χ4n) is 4.64. The van der Waals surface area contributed by atoms with Crippen LogP contribution in [0.1, 0.15) is 31.9 Å². The van der Waals surface area contributed by atoms with Crippen LogP contribution in [-0.4, -0.2) is 0 Å². The number of rotatable bonds is 2. The SMILES string of the molecule is Cc1ccc2c(oc3ccccc32)c1-c1c2ccc(CC(C)(C)C)cc2cc[n+]1C. The van der Waals surface area contributed by atoms with E-state index >= 15 is 0 Å². The molecule has 0 bridgehead atoms. The lowest BCUT2D eigenvalue weighted by Gasteiger charge is -2.18. The topological polar surface area (TPSA) is 17.0 Å². The Hall–Kier alpha value is -3.13. The molecule has 5 aromatic rings. The Morgan fingerprint density at radius 1 is 0.867 bits per heavy atom. The molecule has 150 valence electrons. The van der Waals surface area contributed by atoms with Crippen molar-refractivity contribution in [2.75, 3.05) is 0 Å². The molecular weight excluding hydrogens is 366 g/mol. The zero-order chi connectivity index (χ0) is 21.0. The number of aryl methyl sites for hydroxylation is 2. The fourth-order valence-corrected chi connectivity index (χ4v) is 4.64. The highest BCUT2D eigenvalue weighted by atomic mass is 16.3. The lowest BCUT2D eigenvalue weighted by molar-refractivity contribution is -0.659. The van der Waals surface area contributed by atoms with Gasteiger partial charge in [0.25, 0.3) is 0 Å². The first-order valence-electron chi connectivity index (χ1n) is 10.6. The molecule has 0 spiro atoms. The highest BCUT2D eigenvalue weighted by Crippen LogP contribution is 2.39. The van der Waals surface area contributed by atoms with E-state index in [2.05, 4.69) is 100 Å². The summed E-state index contributed by atoms with van der Waals surface area (Å²) < 4.78 is 8.62. The number of furan rings is 1. The molecule has 30 heavy (non-hydrogen) atoms. The van der Waals surface area contributed by atoms with E-state index in [0.29, 0.717) is 0 Å². The van der Waals surface area contributed by atoms with E-state index in [0.717, 1.165) is 17.6 Å². The number of pyridine rings is 1. The van der Waals surface area contributed by atoms with Gasteiger partial charge in [-0.15, -0.1) is 0 Å². The van der Waals surface area contributed by atoms with E-state index in [1.165, 1.54) is 43.9 Å². The lowest BCUT2D eigenvalue weighted by atomic mass is 9.87. The molecule has 2 heteroatoms. The maximum atomic E-state index is 6.40. The second-order valence-electron chi connectivity index (χ2n) is 9.67. The van der Waals surface area contributed by atoms with Crippen LogP contribution in [-0.2, 0) is 13.5 Å².